The van der Waals surface area contributed by atoms with E-state index in [9.17, 15) is 9.59 Å². The van der Waals surface area contributed by atoms with Crippen LogP contribution in [0, 0.1) is 0 Å². The van der Waals surface area contributed by atoms with Gasteiger partial charge in [0.25, 0.3) is 0 Å². The van der Waals surface area contributed by atoms with E-state index in [2.05, 4.69) is 5.32 Å². The topological polar surface area (TPSA) is 84.7 Å². The fourth-order valence-electron chi connectivity index (χ4n) is 2.74. The van der Waals surface area contributed by atoms with Crippen LogP contribution in [0.2, 0.25) is 0 Å². The third kappa shape index (κ3) is 5.09. The summed E-state index contributed by atoms with van der Waals surface area (Å²) in [6.07, 6.45) is 3.40. The molecule has 1 rings (SSSR count). The summed E-state index contributed by atoms with van der Waals surface area (Å²) >= 11 is 0. The summed E-state index contributed by atoms with van der Waals surface area (Å²) in [4.78, 5) is 25.5. The molecule has 20 heavy (non-hydrogen) atoms. The van der Waals surface area contributed by atoms with Crippen molar-refractivity contribution >= 4 is 11.9 Å². The number of amides is 1. The Hall–Kier alpha value is -1.14. The third-order valence-corrected chi connectivity index (χ3v) is 3.64. The Morgan fingerprint density at radius 3 is 2.50 bits per heavy atom. The van der Waals surface area contributed by atoms with Gasteiger partial charge in [0.1, 0.15) is 6.04 Å². The number of carbonyl (C=O) groups is 2. The van der Waals surface area contributed by atoms with Crippen LogP contribution in [0.5, 0.6) is 0 Å². The van der Waals surface area contributed by atoms with Crippen LogP contribution in [-0.2, 0) is 14.3 Å². The lowest BCUT2D eigenvalue weighted by molar-refractivity contribution is -0.151. The first-order valence-electron chi connectivity index (χ1n) is 7.51. The molecule has 1 saturated heterocycles. The van der Waals surface area contributed by atoms with E-state index in [0.29, 0.717) is 13.0 Å². The van der Waals surface area contributed by atoms with Crippen LogP contribution in [0.15, 0.2) is 0 Å². The fraction of sp³-hybridized carbons (Fsp3) is 0.857. The monoisotopic (exact) mass is 285 g/mol. The predicted molar refractivity (Wildman–Crippen MR) is 77.1 cm³/mol. The van der Waals surface area contributed by atoms with Crippen molar-refractivity contribution in [3.63, 3.8) is 0 Å². The molecule has 1 unspecified atom stereocenters. The van der Waals surface area contributed by atoms with Crippen molar-refractivity contribution in [1.29, 1.82) is 0 Å². The van der Waals surface area contributed by atoms with E-state index in [0.717, 1.165) is 32.4 Å². The lowest BCUT2D eigenvalue weighted by atomic mass is 10.00. The highest BCUT2D eigenvalue weighted by Gasteiger charge is 2.33. The minimum absolute atomic E-state index is 0.119. The Kier molecular flexibility index (Phi) is 7.54. The highest BCUT2D eigenvalue weighted by molar-refractivity contribution is 5.79. The zero-order chi connectivity index (χ0) is 15.0. The number of primary amides is 1. The zero-order valence-corrected chi connectivity index (χ0v) is 12.6. The highest BCUT2D eigenvalue weighted by Crippen LogP contribution is 2.19. The number of carbonyl (C=O) groups excluding carboxylic acids is 2. The normalized spacial score (nSPS) is 17.9. The van der Waals surface area contributed by atoms with Crippen LogP contribution in [0.25, 0.3) is 0 Å². The second kappa shape index (κ2) is 8.92. The average molecular weight is 285 g/mol. The molecule has 1 heterocycles. The summed E-state index contributed by atoms with van der Waals surface area (Å²) in [7, 11) is 0. The second-order valence-electron chi connectivity index (χ2n) is 5.18. The van der Waals surface area contributed by atoms with Crippen LogP contribution in [0.4, 0.5) is 0 Å². The third-order valence-electron chi connectivity index (χ3n) is 3.64. The number of nitrogens with two attached hydrogens (primary N) is 1. The molecule has 116 valence electrons. The molecular weight excluding hydrogens is 258 g/mol. The van der Waals surface area contributed by atoms with E-state index in [-0.39, 0.29) is 24.6 Å². The molecule has 6 nitrogen and oxygen atoms in total. The van der Waals surface area contributed by atoms with Gasteiger partial charge in [0.05, 0.1) is 13.2 Å². The van der Waals surface area contributed by atoms with Gasteiger partial charge in [-0.2, -0.15) is 0 Å². The maximum absolute atomic E-state index is 12.2. The number of hydrogen-bond acceptors (Lipinski definition) is 5. The number of esters is 1. The Labute approximate surface area is 121 Å². The molecule has 1 aliphatic rings. The van der Waals surface area contributed by atoms with Crippen molar-refractivity contribution in [2.45, 2.75) is 51.6 Å². The van der Waals surface area contributed by atoms with Gasteiger partial charge in [0.2, 0.25) is 5.91 Å². The van der Waals surface area contributed by atoms with Crippen LogP contribution >= 0.6 is 0 Å². The Morgan fingerprint density at radius 2 is 2.00 bits per heavy atom. The van der Waals surface area contributed by atoms with Crippen molar-refractivity contribution in [3.8, 4) is 0 Å². The Balaban J connectivity index is 2.84. The summed E-state index contributed by atoms with van der Waals surface area (Å²) in [5, 5.41) is 3.29. The molecule has 3 N–H and O–H groups in total. The van der Waals surface area contributed by atoms with E-state index in [1.807, 2.05) is 11.8 Å². The lowest BCUT2D eigenvalue weighted by Crippen LogP contribution is -2.54. The molecule has 0 radical (unpaired) electrons. The molecule has 0 aromatic rings. The van der Waals surface area contributed by atoms with Gasteiger partial charge in [-0.05, 0) is 39.3 Å². The van der Waals surface area contributed by atoms with Crippen molar-refractivity contribution in [3.05, 3.63) is 0 Å². The predicted octanol–water partition coefficient (Wildman–Crippen LogP) is 0.258. The number of nitrogens with one attached hydrogen (secondary N) is 1. The van der Waals surface area contributed by atoms with Crippen LogP contribution in [0.1, 0.15) is 39.5 Å². The van der Waals surface area contributed by atoms with Crippen molar-refractivity contribution in [1.82, 2.24) is 10.2 Å². The quantitative estimate of drug-likeness (QED) is 0.625. The highest BCUT2D eigenvalue weighted by atomic mass is 16.5. The molecule has 1 aliphatic heterocycles. The summed E-state index contributed by atoms with van der Waals surface area (Å²) in [6.45, 7) is 6.11. The molecule has 6 heteroatoms. The van der Waals surface area contributed by atoms with Crippen LogP contribution in [-0.4, -0.2) is 55.1 Å². The number of ether oxygens (including phenoxy) is 1. The molecular formula is C14H27N3O3. The molecule has 0 aromatic heterocycles. The first-order chi connectivity index (χ1) is 9.60. The molecule has 0 bridgehead atoms. The van der Waals surface area contributed by atoms with E-state index in [1.165, 1.54) is 0 Å². The maximum atomic E-state index is 12.2. The van der Waals surface area contributed by atoms with Gasteiger partial charge in [0, 0.05) is 6.04 Å². The lowest BCUT2D eigenvalue weighted by Gasteiger charge is -2.38. The number of rotatable bonds is 8. The number of nitrogens with zero attached hydrogens (tertiary/aromatic N) is 1. The molecule has 0 spiro atoms. The van der Waals surface area contributed by atoms with Crippen molar-refractivity contribution in [2.75, 3.05) is 26.2 Å². The summed E-state index contributed by atoms with van der Waals surface area (Å²) in [6, 6.07) is -0.153. The fourth-order valence-corrected chi connectivity index (χ4v) is 2.74. The van der Waals surface area contributed by atoms with Gasteiger partial charge in [-0.3, -0.25) is 14.5 Å². The van der Waals surface area contributed by atoms with E-state index >= 15 is 0 Å². The van der Waals surface area contributed by atoms with Gasteiger partial charge < -0.3 is 15.8 Å². The summed E-state index contributed by atoms with van der Waals surface area (Å²) in [5.74, 6) is -0.636. The smallest absolute Gasteiger partial charge is 0.323 e. The number of piperidine rings is 1. The maximum Gasteiger partial charge on any atom is 0.323 e. The largest absolute Gasteiger partial charge is 0.465 e. The molecule has 0 aromatic carbocycles. The Bertz CT molecular complexity index is 317. The number of hydrogen-bond donors (Lipinski definition) is 2. The summed E-state index contributed by atoms with van der Waals surface area (Å²) < 4.78 is 5.16. The van der Waals surface area contributed by atoms with Gasteiger partial charge in [0.15, 0.2) is 0 Å². The minimum Gasteiger partial charge on any atom is -0.465 e. The molecule has 1 fully saturated rings. The molecule has 0 aliphatic carbocycles. The van der Waals surface area contributed by atoms with E-state index < -0.39 is 5.91 Å². The standard InChI is InChI=1S/C14H27N3O3/c1-3-5-12(14(19)20-4-2)17(10-13(15)18)11-6-8-16-9-7-11/h11-12,16H,3-10H2,1-2H3,(H2,15,18). The molecule has 0 saturated carbocycles. The first kappa shape index (κ1) is 16.9. The Morgan fingerprint density at radius 1 is 1.35 bits per heavy atom. The molecule has 1 atom stereocenters. The van der Waals surface area contributed by atoms with Gasteiger partial charge >= 0.3 is 5.97 Å². The van der Waals surface area contributed by atoms with E-state index in [1.54, 1.807) is 6.92 Å². The molecule has 1 amide bonds. The van der Waals surface area contributed by atoms with Crippen LogP contribution < -0.4 is 11.1 Å². The van der Waals surface area contributed by atoms with Crippen molar-refractivity contribution in [2.24, 2.45) is 5.73 Å². The first-order valence-corrected chi connectivity index (χ1v) is 7.51. The SMILES string of the molecule is CCCC(C(=O)OCC)N(CC(N)=O)C1CCNCC1. The summed E-state index contributed by atoms with van der Waals surface area (Å²) in [5.41, 5.74) is 5.36. The average Bonchev–Trinajstić information content (AvgIpc) is 2.43. The second-order valence-corrected chi connectivity index (χ2v) is 5.18. The van der Waals surface area contributed by atoms with E-state index in [4.69, 9.17) is 10.5 Å². The van der Waals surface area contributed by atoms with Gasteiger partial charge in [-0.25, -0.2) is 0 Å². The van der Waals surface area contributed by atoms with Gasteiger partial charge in [-0.1, -0.05) is 13.3 Å². The van der Waals surface area contributed by atoms with Crippen molar-refractivity contribution < 1.29 is 14.3 Å². The zero-order valence-electron chi connectivity index (χ0n) is 12.6. The van der Waals surface area contributed by atoms with Crippen LogP contribution in [0.3, 0.4) is 0 Å². The van der Waals surface area contributed by atoms with Gasteiger partial charge in [-0.15, -0.1) is 0 Å². The minimum atomic E-state index is -0.395.